The minimum Gasteiger partial charge on any atom is -0.465 e. The number of benzene rings is 1. The summed E-state index contributed by atoms with van der Waals surface area (Å²) in [5, 5.41) is 7.44. The summed E-state index contributed by atoms with van der Waals surface area (Å²) in [6, 6.07) is 5.55. The molecule has 0 fully saturated rings. The summed E-state index contributed by atoms with van der Waals surface area (Å²) in [5.74, 6) is -0.421. The number of hydrogen-bond donors (Lipinski definition) is 2. The van der Waals surface area contributed by atoms with Crippen molar-refractivity contribution in [1.29, 1.82) is 0 Å². The van der Waals surface area contributed by atoms with Gasteiger partial charge in [0.2, 0.25) is 0 Å². The lowest BCUT2D eigenvalue weighted by Gasteiger charge is -2.12. The molecule has 0 unspecified atom stereocenters. The molecular formula is C15H20N4O2. The third-order valence-electron chi connectivity index (χ3n) is 3.24. The molecule has 1 aromatic carbocycles. The van der Waals surface area contributed by atoms with Crippen LogP contribution >= 0.6 is 0 Å². The molecule has 0 spiro atoms. The van der Waals surface area contributed by atoms with Crippen LogP contribution in [0.4, 0.5) is 11.4 Å². The van der Waals surface area contributed by atoms with Crippen molar-refractivity contribution < 1.29 is 9.53 Å². The van der Waals surface area contributed by atoms with Gasteiger partial charge in [0, 0.05) is 36.9 Å². The fraction of sp³-hybridized carbons (Fsp3) is 0.333. The van der Waals surface area contributed by atoms with E-state index in [0.717, 1.165) is 30.8 Å². The number of anilines is 2. The summed E-state index contributed by atoms with van der Waals surface area (Å²) in [7, 11) is 1.35. The van der Waals surface area contributed by atoms with Crippen molar-refractivity contribution in [2.75, 3.05) is 24.7 Å². The summed E-state index contributed by atoms with van der Waals surface area (Å²) in [4.78, 5) is 11.7. The molecule has 0 aliphatic rings. The van der Waals surface area contributed by atoms with E-state index in [1.54, 1.807) is 12.3 Å². The Balaban J connectivity index is 1.96. The second-order valence-electron chi connectivity index (χ2n) is 4.80. The summed E-state index contributed by atoms with van der Waals surface area (Å²) >= 11 is 0. The smallest absolute Gasteiger partial charge is 0.340 e. The lowest BCUT2D eigenvalue weighted by atomic mass is 10.1. The molecule has 0 saturated carbocycles. The zero-order valence-corrected chi connectivity index (χ0v) is 12.3. The van der Waals surface area contributed by atoms with Crippen LogP contribution < -0.4 is 11.1 Å². The molecule has 112 valence electrons. The molecule has 2 rings (SSSR count). The molecule has 21 heavy (non-hydrogen) atoms. The first-order valence-electron chi connectivity index (χ1n) is 6.81. The van der Waals surface area contributed by atoms with Gasteiger partial charge in [-0.3, -0.25) is 4.68 Å². The summed E-state index contributed by atoms with van der Waals surface area (Å²) < 4.78 is 6.63. The number of hydrogen-bond acceptors (Lipinski definition) is 5. The van der Waals surface area contributed by atoms with Crippen LogP contribution in [0, 0.1) is 6.92 Å². The maximum Gasteiger partial charge on any atom is 0.340 e. The van der Waals surface area contributed by atoms with Gasteiger partial charge in [0.15, 0.2) is 0 Å². The fourth-order valence-corrected chi connectivity index (χ4v) is 2.09. The van der Waals surface area contributed by atoms with Crippen LogP contribution in [0.3, 0.4) is 0 Å². The van der Waals surface area contributed by atoms with Gasteiger partial charge < -0.3 is 15.8 Å². The molecule has 0 bridgehead atoms. The van der Waals surface area contributed by atoms with Crippen LogP contribution in [-0.2, 0) is 11.3 Å². The molecule has 2 aromatic rings. The van der Waals surface area contributed by atoms with Crippen molar-refractivity contribution in [2.45, 2.75) is 19.9 Å². The van der Waals surface area contributed by atoms with E-state index in [2.05, 4.69) is 10.4 Å². The predicted octanol–water partition coefficient (Wildman–Crippen LogP) is 2.06. The minimum atomic E-state index is -0.421. The number of nitrogens with zero attached hydrogens (tertiary/aromatic N) is 2. The van der Waals surface area contributed by atoms with E-state index in [0.29, 0.717) is 11.3 Å². The number of esters is 1. The Hall–Kier alpha value is -2.50. The highest BCUT2D eigenvalue weighted by atomic mass is 16.5. The molecule has 0 amide bonds. The van der Waals surface area contributed by atoms with E-state index in [1.165, 1.54) is 7.11 Å². The van der Waals surface area contributed by atoms with Gasteiger partial charge in [-0.1, -0.05) is 0 Å². The average Bonchev–Trinajstić information content (AvgIpc) is 2.99. The minimum absolute atomic E-state index is 0.395. The molecule has 0 aliphatic heterocycles. The van der Waals surface area contributed by atoms with E-state index < -0.39 is 5.97 Å². The van der Waals surface area contributed by atoms with E-state index in [9.17, 15) is 4.79 Å². The number of aryl methyl sites for hydroxylation is 2. The molecule has 0 atom stereocenters. The molecule has 3 N–H and O–H groups in total. The van der Waals surface area contributed by atoms with Gasteiger partial charge in [-0.2, -0.15) is 5.10 Å². The first-order chi connectivity index (χ1) is 10.1. The Morgan fingerprint density at radius 2 is 2.29 bits per heavy atom. The number of carbonyl (C=O) groups is 1. The first kappa shape index (κ1) is 14.9. The van der Waals surface area contributed by atoms with Gasteiger partial charge in [-0.25, -0.2) is 4.79 Å². The number of nitrogen functional groups attached to an aromatic ring is 1. The van der Waals surface area contributed by atoms with E-state index >= 15 is 0 Å². The van der Waals surface area contributed by atoms with Crippen LogP contribution in [0.25, 0.3) is 0 Å². The van der Waals surface area contributed by atoms with Crippen molar-refractivity contribution in [2.24, 2.45) is 0 Å². The quantitative estimate of drug-likeness (QED) is 0.483. The van der Waals surface area contributed by atoms with Gasteiger partial charge >= 0.3 is 5.97 Å². The van der Waals surface area contributed by atoms with E-state index in [1.807, 2.05) is 29.9 Å². The first-order valence-corrected chi connectivity index (χ1v) is 6.81. The summed E-state index contributed by atoms with van der Waals surface area (Å²) in [6.07, 6.45) is 4.63. The molecule has 0 radical (unpaired) electrons. The standard InChI is InChI=1S/C15H20N4O2/c1-11-9-12(10-13(14(11)16)15(20)21-2)17-5-3-7-19-8-4-6-18-19/h4,6,8-10,17H,3,5,7,16H2,1-2H3. The van der Waals surface area contributed by atoms with Crippen molar-refractivity contribution in [3.05, 3.63) is 41.7 Å². The second kappa shape index (κ2) is 6.78. The largest absolute Gasteiger partial charge is 0.465 e. The van der Waals surface area contributed by atoms with Crippen LogP contribution in [-0.4, -0.2) is 29.4 Å². The van der Waals surface area contributed by atoms with Gasteiger partial charge in [0.1, 0.15) is 0 Å². The molecule has 6 heteroatoms. The Morgan fingerprint density at radius 1 is 1.48 bits per heavy atom. The Bertz CT molecular complexity index is 608. The molecule has 1 heterocycles. The number of carbonyl (C=O) groups excluding carboxylic acids is 1. The van der Waals surface area contributed by atoms with Crippen LogP contribution in [0.15, 0.2) is 30.6 Å². The maximum atomic E-state index is 11.7. The number of nitrogens with two attached hydrogens (primary N) is 1. The number of aromatic nitrogens is 2. The topological polar surface area (TPSA) is 82.2 Å². The van der Waals surface area contributed by atoms with E-state index in [-0.39, 0.29) is 0 Å². The van der Waals surface area contributed by atoms with Crippen LogP contribution in [0.2, 0.25) is 0 Å². The lowest BCUT2D eigenvalue weighted by molar-refractivity contribution is 0.0602. The van der Waals surface area contributed by atoms with Crippen molar-refractivity contribution in [3.8, 4) is 0 Å². The Kier molecular flexibility index (Phi) is 4.81. The number of ether oxygens (including phenoxy) is 1. The number of rotatable bonds is 6. The lowest BCUT2D eigenvalue weighted by Crippen LogP contribution is -2.10. The normalized spacial score (nSPS) is 10.4. The highest BCUT2D eigenvalue weighted by molar-refractivity contribution is 5.97. The average molecular weight is 288 g/mol. The van der Waals surface area contributed by atoms with Gasteiger partial charge in [0.25, 0.3) is 0 Å². The third kappa shape index (κ3) is 3.75. The zero-order valence-electron chi connectivity index (χ0n) is 12.3. The number of nitrogens with one attached hydrogen (secondary N) is 1. The highest BCUT2D eigenvalue weighted by Crippen LogP contribution is 2.23. The maximum absolute atomic E-state index is 11.7. The highest BCUT2D eigenvalue weighted by Gasteiger charge is 2.13. The van der Waals surface area contributed by atoms with Crippen molar-refractivity contribution >= 4 is 17.3 Å². The molecular weight excluding hydrogens is 268 g/mol. The fourth-order valence-electron chi connectivity index (χ4n) is 2.09. The predicted molar refractivity (Wildman–Crippen MR) is 82.3 cm³/mol. The second-order valence-corrected chi connectivity index (χ2v) is 4.80. The van der Waals surface area contributed by atoms with Crippen molar-refractivity contribution in [1.82, 2.24) is 9.78 Å². The molecule has 0 aliphatic carbocycles. The van der Waals surface area contributed by atoms with Gasteiger partial charge in [-0.05, 0) is 37.1 Å². The van der Waals surface area contributed by atoms with E-state index in [4.69, 9.17) is 10.5 Å². The number of methoxy groups -OCH3 is 1. The molecule has 1 aromatic heterocycles. The van der Waals surface area contributed by atoms with Gasteiger partial charge in [0.05, 0.1) is 12.7 Å². The van der Waals surface area contributed by atoms with Crippen LogP contribution in [0.1, 0.15) is 22.3 Å². The SMILES string of the molecule is COC(=O)c1cc(NCCCn2cccn2)cc(C)c1N. The monoisotopic (exact) mass is 288 g/mol. The Labute approximate surface area is 123 Å². The van der Waals surface area contributed by atoms with Crippen molar-refractivity contribution in [3.63, 3.8) is 0 Å². The third-order valence-corrected chi connectivity index (χ3v) is 3.24. The Morgan fingerprint density at radius 3 is 2.95 bits per heavy atom. The summed E-state index contributed by atoms with van der Waals surface area (Å²) in [6.45, 7) is 3.50. The molecule has 0 saturated heterocycles. The zero-order chi connectivity index (χ0) is 15.2. The van der Waals surface area contributed by atoms with Crippen LogP contribution in [0.5, 0.6) is 0 Å². The van der Waals surface area contributed by atoms with Gasteiger partial charge in [-0.15, -0.1) is 0 Å². The summed E-state index contributed by atoms with van der Waals surface area (Å²) in [5.41, 5.74) is 8.48. The molecule has 6 nitrogen and oxygen atoms in total.